The molecule has 118 valence electrons. The van der Waals surface area contributed by atoms with Gasteiger partial charge in [-0.1, -0.05) is 0 Å². The van der Waals surface area contributed by atoms with Crippen LogP contribution in [0.1, 0.15) is 0 Å². The van der Waals surface area contributed by atoms with E-state index >= 15 is 0 Å². The summed E-state index contributed by atoms with van der Waals surface area (Å²) in [6, 6.07) is 0. The molecular formula is C8H4B2O12-4. The zero-order chi connectivity index (χ0) is 16.6. The van der Waals surface area contributed by atoms with E-state index < -0.39 is 62.3 Å². The Kier molecular flexibility index (Phi) is 4.37. The molecule has 0 amide bonds. The fourth-order valence-corrected chi connectivity index (χ4v) is 1.90. The summed E-state index contributed by atoms with van der Waals surface area (Å²) in [5, 5.41) is 42.9. The monoisotopic (exact) mass is 314 g/mol. The topological polar surface area (TPSA) is 197 Å². The molecule has 0 N–H and O–H groups in total. The molecule has 4 atom stereocenters. The van der Waals surface area contributed by atoms with Crippen LogP contribution in [0.2, 0.25) is 0 Å². The van der Waals surface area contributed by atoms with Crippen molar-refractivity contribution in [2.75, 3.05) is 0 Å². The van der Waals surface area contributed by atoms with Crippen molar-refractivity contribution < 1.29 is 58.2 Å². The maximum absolute atomic E-state index is 10.7. The van der Waals surface area contributed by atoms with Crippen molar-refractivity contribution in [3.05, 3.63) is 0 Å². The van der Waals surface area contributed by atoms with E-state index in [2.05, 4.69) is 18.6 Å². The highest BCUT2D eigenvalue weighted by atomic mass is 16.7. The number of aliphatic carboxylic acids is 4. The summed E-state index contributed by atoms with van der Waals surface area (Å²) >= 11 is 0. The van der Waals surface area contributed by atoms with Crippen molar-refractivity contribution in [1.82, 2.24) is 0 Å². The maximum atomic E-state index is 10.7. The summed E-state index contributed by atoms with van der Waals surface area (Å²) in [6.45, 7) is 0. The predicted molar refractivity (Wildman–Crippen MR) is 51.0 cm³/mol. The highest BCUT2D eigenvalue weighted by molar-refractivity contribution is 7.11. The minimum Gasteiger partial charge on any atom is -0.547 e. The Bertz CT molecular complexity index is 431. The maximum Gasteiger partial charge on any atom is 0.489 e. The third-order valence-corrected chi connectivity index (χ3v) is 2.82. The third-order valence-electron chi connectivity index (χ3n) is 2.82. The van der Waals surface area contributed by atoms with Gasteiger partial charge >= 0.3 is 14.0 Å². The number of carboxylic acids is 4. The Hall–Kier alpha value is -2.15. The van der Waals surface area contributed by atoms with Crippen LogP contribution in [0.5, 0.6) is 0 Å². The number of carbonyl (C=O) groups is 4. The van der Waals surface area contributed by atoms with E-state index in [9.17, 15) is 39.6 Å². The van der Waals surface area contributed by atoms with Crippen LogP contribution in [0.15, 0.2) is 0 Å². The quantitative estimate of drug-likeness (QED) is 0.435. The molecule has 0 radical (unpaired) electrons. The minimum absolute atomic E-state index is 1.84. The molecule has 0 aromatic heterocycles. The first-order valence-electron chi connectivity index (χ1n) is 5.67. The van der Waals surface area contributed by atoms with Gasteiger partial charge in [-0.05, 0) is 0 Å². The molecular weight excluding hydrogens is 310 g/mol. The molecule has 0 saturated carbocycles. The van der Waals surface area contributed by atoms with Gasteiger partial charge in [0.25, 0.3) is 0 Å². The predicted octanol–water partition coefficient (Wildman–Crippen LogP) is -8.39. The van der Waals surface area contributed by atoms with Gasteiger partial charge in [-0.3, -0.25) is 0 Å². The Morgan fingerprint density at radius 3 is 0.864 bits per heavy atom. The van der Waals surface area contributed by atoms with Crippen molar-refractivity contribution in [3.8, 4) is 0 Å². The highest BCUT2D eigenvalue weighted by Crippen LogP contribution is 2.24. The van der Waals surface area contributed by atoms with Gasteiger partial charge in [0.1, 0.15) is 24.4 Å². The van der Waals surface area contributed by atoms with Crippen LogP contribution < -0.4 is 20.4 Å². The Morgan fingerprint density at radius 2 is 0.727 bits per heavy atom. The molecule has 12 nitrogen and oxygen atoms in total. The molecule has 22 heavy (non-hydrogen) atoms. The lowest BCUT2D eigenvalue weighted by Gasteiger charge is -2.19. The van der Waals surface area contributed by atoms with E-state index in [1.807, 2.05) is 0 Å². The molecule has 2 rings (SSSR count). The van der Waals surface area contributed by atoms with Gasteiger partial charge in [-0.25, -0.2) is 0 Å². The van der Waals surface area contributed by atoms with Crippen LogP contribution >= 0.6 is 0 Å². The Labute approximate surface area is 121 Å². The summed E-state index contributed by atoms with van der Waals surface area (Å²) in [4.78, 5) is 42.9. The van der Waals surface area contributed by atoms with Crippen LogP contribution in [0.25, 0.3) is 0 Å². The molecule has 2 aliphatic rings. The summed E-state index contributed by atoms with van der Waals surface area (Å²) < 4.78 is 18.6. The van der Waals surface area contributed by atoms with E-state index in [1.54, 1.807) is 0 Å². The lowest BCUT2D eigenvalue weighted by atomic mass is 9.49. The molecule has 0 aromatic rings. The first kappa shape index (κ1) is 16.2. The number of carbonyl (C=O) groups excluding carboxylic acids is 4. The standard InChI is InChI=1S/C8H8B2O12/c11-5(12)1-2(6(13)14)20-9(19-1)10-21-3(7(15)16)4(22-10)8(17)18/h1-4H,(H,11,12)(H,13,14)(H,15,16)(H,17,18)/p-4/t1-,2-,3-,4-/m1/s1. The molecule has 2 saturated heterocycles. The fraction of sp³-hybridized carbons (Fsp3) is 0.500. The second-order valence-electron chi connectivity index (χ2n) is 4.24. The van der Waals surface area contributed by atoms with Gasteiger partial charge in [-0.2, -0.15) is 0 Å². The minimum atomic E-state index is -2.08. The SMILES string of the molecule is O=C([O-])[C@@H]1OB(B2O[C@@H](C(=O)[O-])[C@H](C(=O)[O-])O2)O[C@H]1C(=O)[O-]. The van der Waals surface area contributed by atoms with E-state index in [-0.39, 0.29) is 0 Å². The number of hydrogen-bond donors (Lipinski definition) is 0. The van der Waals surface area contributed by atoms with Crippen LogP contribution in [0, 0.1) is 0 Å². The lowest BCUT2D eigenvalue weighted by Crippen LogP contribution is -2.49. The molecule has 0 spiro atoms. The largest absolute Gasteiger partial charge is 0.547 e. The van der Waals surface area contributed by atoms with Crippen molar-refractivity contribution in [2.45, 2.75) is 24.4 Å². The molecule has 2 aliphatic heterocycles. The van der Waals surface area contributed by atoms with Crippen molar-refractivity contribution >= 4 is 37.9 Å². The number of carboxylic acid groups (broad SMARTS) is 4. The van der Waals surface area contributed by atoms with Crippen LogP contribution in [0.4, 0.5) is 0 Å². The molecule has 14 heteroatoms. The van der Waals surface area contributed by atoms with Crippen molar-refractivity contribution in [2.24, 2.45) is 0 Å². The van der Waals surface area contributed by atoms with Gasteiger partial charge in [-0.15, -0.1) is 0 Å². The lowest BCUT2D eigenvalue weighted by molar-refractivity contribution is -0.327. The van der Waals surface area contributed by atoms with Crippen LogP contribution in [-0.2, 0) is 37.8 Å². The average Bonchev–Trinajstić information content (AvgIpc) is 3.02. The molecule has 0 aliphatic carbocycles. The molecule has 0 unspecified atom stereocenters. The molecule has 0 bridgehead atoms. The molecule has 2 fully saturated rings. The van der Waals surface area contributed by atoms with E-state index in [1.165, 1.54) is 0 Å². The number of rotatable bonds is 5. The zero-order valence-electron chi connectivity index (χ0n) is 10.4. The number of hydrogen-bond acceptors (Lipinski definition) is 12. The molecule has 2 heterocycles. The summed E-state index contributed by atoms with van der Waals surface area (Å²) in [5.74, 6) is -7.77. The van der Waals surface area contributed by atoms with Gasteiger partial charge < -0.3 is 58.2 Å². The van der Waals surface area contributed by atoms with E-state index in [4.69, 9.17) is 0 Å². The van der Waals surface area contributed by atoms with Gasteiger partial charge in [0, 0.05) is 0 Å². The Morgan fingerprint density at radius 1 is 0.545 bits per heavy atom. The van der Waals surface area contributed by atoms with Crippen molar-refractivity contribution in [1.29, 1.82) is 0 Å². The van der Waals surface area contributed by atoms with Gasteiger partial charge in [0.05, 0.1) is 23.9 Å². The first-order chi connectivity index (χ1) is 10.2. The van der Waals surface area contributed by atoms with Crippen LogP contribution in [0.3, 0.4) is 0 Å². The van der Waals surface area contributed by atoms with Gasteiger partial charge in [0.15, 0.2) is 0 Å². The third kappa shape index (κ3) is 2.89. The zero-order valence-corrected chi connectivity index (χ0v) is 10.4. The van der Waals surface area contributed by atoms with Crippen LogP contribution in [-0.4, -0.2) is 62.3 Å². The highest BCUT2D eigenvalue weighted by Gasteiger charge is 2.56. The van der Waals surface area contributed by atoms with E-state index in [0.717, 1.165) is 0 Å². The first-order valence-corrected chi connectivity index (χ1v) is 5.67. The second-order valence-corrected chi connectivity index (χ2v) is 4.24. The summed E-state index contributed by atoms with van der Waals surface area (Å²) in [7, 11) is -3.67. The second kappa shape index (κ2) is 5.92. The fourth-order valence-electron chi connectivity index (χ4n) is 1.90. The molecule has 0 aromatic carbocycles. The summed E-state index contributed by atoms with van der Waals surface area (Å²) in [5.41, 5.74) is 0. The van der Waals surface area contributed by atoms with Crippen molar-refractivity contribution in [3.63, 3.8) is 0 Å². The Balaban J connectivity index is 2.13. The smallest absolute Gasteiger partial charge is 0.489 e. The van der Waals surface area contributed by atoms with Gasteiger partial charge in [0.2, 0.25) is 0 Å². The normalized spacial score (nSPS) is 31.3. The average molecular weight is 314 g/mol. The summed E-state index contributed by atoms with van der Waals surface area (Å²) in [6.07, 6.45) is -8.31. The van der Waals surface area contributed by atoms with E-state index in [0.29, 0.717) is 0 Å².